The zero-order valence-corrected chi connectivity index (χ0v) is 14.2. The minimum atomic E-state index is -4.61. The highest BCUT2D eigenvalue weighted by Crippen LogP contribution is 2.36. The molecule has 0 fully saturated rings. The molecule has 0 amide bonds. The van der Waals surface area contributed by atoms with Gasteiger partial charge in [0.1, 0.15) is 10.8 Å². The summed E-state index contributed by atoms with van der Waals surface area (Å²) in [5, 5.41) is 14.0. The predicted molar refractivity (Wildman–Crippen MR) is 93.7 cm³/mol. The number of nitrogens with zero attached hydrogens (tertiary/aromatic N) is 5. The van der Waals surface area contributed by atoms with Crippen molar-refractivity contribution in [3.8, 4) is 27.9 Å². The van der Waals surface area contributed by atoms with Crippen molar-refractivity contribution in [2.75, 3.05) is 5.73 Å². The summed E-state index contributed by atoms with van der Waals surface area (Å²) in [5.41, 5.74) is 6.12. The van der Waals surface area contributed by atoms with Gasteiger partial charge < -0.3 is 5.73 Å². The molecule has 4 aromatic rings. The molecule has 4 rings (SSSR count). The lowest BCUT2D eigenvalue weighted by molar-refractivity contribution is -0.137. The van der Waals surface area contributed by atoms with Gasteiger partial charge in [0.25, 0.3) is 0 Å². The highest BCUT2D eigenvalue weighted by Gasteiger charge is 2.34. The fraction of sp³-hybridized carbons (Fsp3) is 0.0588. The van der Waals surface area contributed by atoms with E-state index in [2.05, 4.69) is 21.1 Å². The topological polar surface area (TPSA) is 92.9 Å². The summed E-state index contributed by atoms with van der Waals surface area (Å²) in [4.78, 5) is 8.37. The molecule has 3 heterocycles. The van der Waals surface area contributed by atoms with Crippen molar-refractivity contribution in [1.82, 2.24) is 19.6 Å². The number of rotatable bonds is 2. The number of halogens is 3. The standard InChI is InChI=1S/C17H9F3N6S/c18-17(19,20)12-5-11(7-23-14(12)22)13-8-24-16-26(13)25-15(27-16)10-3-1-2-9(4-10)6-21/h1-5,7-8H,(H2,22,23). The molecule has 1 aromatic carbocycles. The molecule has 6 nitrogen and oxygen atoms in total. The SMILES string of the molecule is N#Cc1cccc(-c2nn3c(-c4cnc(N)c(C(F)(F)F)c4)cnc3s2)c1. The van der Waals surface area contributed by atoms with Crippen LogP contribution >= 0.6 is 11.3 Å². The molecule has 27 heavy (non-hydrogen) atoms. The smallest absolute Gasteiger partial charge is 0.383 e. The Kier molecular flexibility index (Phi) is 3.82. The van der Waals surface area contributed by atoms with Gasteiger partial charge in [0.2, 0.25) is 4.96 Å². The van der Waals surface area contributed by atoms with E-state index in [-0.39, 0.29) is 5.56 Å². The van der Waals surface area contributed by atoms with E-state index >= 15 is 0 Å². The second kappa shape index (κ2) is 6.07. The molecule has 3 aromatic heterocycles. The Morgan fingerprint density at radius 1 is 1.11 bits per heavy atom. The van der Waals surface area contributed by atoms with E-state index < -0.39 is 17.6 Å². The van der Waals surface area contributed by atoms with Crippen LogP contribution in [-0.2, 0) is 6.18 Å². The Balaban J connectivity index is 1.83. The third-order valence-electron chi connectivity index (χ3n) is 3.84. The number of nitrogen functional groups attached to an aromatic ring is 1. The average Bonchev–Trinajstić information content (AvgIpc) is 3.22. The molecular weight excluding hydrogens is 377 g/mol. The van der Waals surface area contributed by atoms with Gasteiger partial charge in [0, 0.05) is 17.3 Å². The summed E-state index contributed by atoms with van der Waals surface area (Å²) in [6, 6.07) is 9.88. The highest BCUT2D eigenvalue weighted by molar-refractivity contribution is 7.19. The minimum Gasteiger partial charge on any atom is -0.383 e. The van der Waals surface area contributed by atoms with Crippen molar-refractivity contribution >= 4 is 22.1 Å². The van der Waals surface area contributed by atoms with Gasteiger partial charge in [-0.3, -0.25) is 0 Å². The fourth-order valence-electron chi connectivity index (χ4n) is 2.57. The highest BCUT2D eigenvalue weighted by atomic mass is 32.1. The predicted octanol–water partition coefficient (Wildman–Crippen LogP) is 3.99. The van der Waals surface area contributed by atoms with Gasteiger partial charge in [-0.1, -0.05) is 23.5 Å². The Morgan fingerprint density at radius 3 is 2.67 bits per heavy atom. The number of nitrogens with two attached hydrogens (primary N) is 1. The number of fused-ring (bicyclic) bond motifs is 1. The maximum Gasteiger partial charge on any atom is 0.419 e. The molecule has 0 atom stereocenters. The molecule has 0 aliphatic heterocycles. The van der Waals surface area contributed by atoms with E-state index in [9.17, 15) is 13.2 Å². The van der Waals surface area contributed by atoms with E-state index in [1.807, 2.05) is 0 Å². The van der Waals surface area contributed by atoms with Crippen LogP contribution in [0.4, 0.5) is 19.0 Å². The number of pyridine rings is 1. The second-order valence-electron chi connectivity index (χ2n) is 5.59. The van der Waals surface area contributed by atoms with E-state index in [1.54, 1.807) is 24.3 Å². The average molecular weight is 386 g/mol. The first-order chi connectivity index (χ1) is 12.9. The maximum atomic E-state index is 13.1. The largest absolute Gasteiger partial charge is 0.419 e. The fourth-order valence-corrected chi connectivity index (χ4v) is 3.44. The molecule has 2 N–H and O–H groups in total. The molecule has 0 aliphatic carbocycles. The Labute approximate surface area is 154 Å². The third-order valence-corrected chi connectivity index (χ3v) is 4.82. The molecule has 0 aliphatic rings. The summed E-state index contributed by atoms with van der Waals surface area (Å²) >= 11 is 1.26. The summed E-state index contributed by atoms with van der Waals surface area (Å²) in [5.74, 6) is -0.584. The van der Waals surface area contributed by atoms with E-state index in [1.165, 1.54) is 28.2 Å². The first kappa shape index (κ1) is 17.0. The molecule has 0 saturated heterocycles. The molecule has 134 valence electrons. The van der Waals surface area contributed by atoms with Crippen LogP contribution in [0.15, 0.2) is 42.7 Å². The van der Waals surface area contributed by atoms with Crippen LogP contribution in [0.25, 0.3) is 26.8 Å². The van der Waals surface area contributed by atoms with Crippen LogP contribution < -0.4 is 5.73 Å². The number of aromatic nitrogens is 4. The van der Waals surface area contributed by atoms with Gasteiger partial charge in [-0.05, 0) is 18.2 Å². The van der Waals surface area contributed by atoms with Crippen LogP contribution in [0, 0.1) is 11.3 Å². The van der Waals surface area contributed by atoms with Gasteiger partial charge in [-0.15, -0.1) is 0 Å². The molecule has 10 heteroatoms. The van der Waals surface area contributed by atoms with Crippen molar-refractivity contribution in [3.05, 3.63) is 53.9 Å². The summed E-state index contributed by atoms with van der Waals surface area (Å²) < 4.78 is 40.7. The molecule has 0 radical (unpaired) electrons. The van der Waals surface area contributed by atoms with Crippen LogP contribution in [0.5, 0.6) is 0 Å². The van der Waals surface area contributed by atoms with Crippen LogP contribution in [0.1, 0.15) is 11.1 Å². The van der Waals surface area contributed by atoms with Crippen LogP contribution in [-0.4, -0.2) is 19.6 Å². The zero-order valence-electron chi connectivity index (χ0n) is 13.4. The number of alkyl halides is 3. The van der Waals surface area contributed by atoms with Crippen molar-refractivity contribution < 1.29 is 13.2 Å². The lowest BCUT2D eigenvalue weighted by Crippen LogP contribution is -2.10. The van der Waals surface area contributed by atoms with Gasteiger partial charge in [0.05, 0.1) is 29.1 Å². The Morgan fingerprint density at radius 2 is 1.93 bits per heavy atom. The quantitative estimate of drug-likeness (QED) is 0.562. The summed E-state index contributed by atoms with van der Waals surface area (Å²) in [6.45, 7) is 0. The molecule has 0 bridgehead atoms. The molecule has 0 saturated carbocycles. The van der Waals surface area contributed by atoms with Crippen LogP contribution in [0.2, 0.25) is 0 Å². The Hall–Kier alpha value is -3.45. The number of benzene rings is 1. The van der Waals surface area contributed by atoms with E-state index in [0.717, 1.165) is 11.6 Å². The normalized spacial score (nSPS) is 11.6. The lowest BCUT2D eigenvalue weighted by atomic mass is 10.1. The third kappa shape index (κ3) is 2.98. The molecule has 0 unspecified atom stereocenters. The number of nitriles is 1. The van der Waals surface area contributed by atoms with Gasteiger partial charge in [0.15, 0.2) is 0 Å². The number of imidazole rings is 1. The molecular formula is C17H9F3N6S. The van der Waals surface area contributed by atoms with Gasteiger partial charge in [-0.25, -0.2) is 14.5 Å². The van der Waals surface area contributed by atoms with E-state index in [4.69, 9.17) is 11.0 Å². The first-order valence-corrected chi connectivity index (χ1v) is 8.36. The first-order valence-electron chi connectivity index (χ1n) is 7.55. The second-order valence-corrected chi connectivity index (χ2v) is 6.55. The number of hydrogen-bond acceptors (Lipinski definition) is 6. The van der Waals surface area contributed by atoms with Gasteiger partial charge in [-0.2, -0.15) is 23.5 Å². The molecule has 0 spiro atoms. The maximum absolute atomic E-state index is 13.1. The number of anilines is 1. The van der Waals surface area contributed by atoms with Gasteiger partial charge >= 0.3 is 6.18 Å². The van der Waals surface area contributed by atoms with Crippen molar-refractivity contribution in [3.63, 3.8) is 0 Å². The van der Waals surface area contributed by atoms with E-state index in [0.29, 0.717) is 21.2 Å². The Bertz CT molecular complexity index is 1200. The lowest BCUT2D eigenvalue weighted by Gasteiger charge is -2.10. The summed E-state index contributed by atoms with van der Waals surface area (Å²) in [6.07, 6.45) is -1.92. The zero-order chi connectivity index (χ0) is 19.2. The van der Waals surface area contributed by atoms with Crippen molar-refractivity contribution in [2.45, 2.75) is 6.18 Å². The van der Waals surface area contributed by atoms with Crippen molar-refractivity contribution in [2.24, 2.45) is 0 Å². The van der Waals surface area contributed by atoms with Crippen molar-refractivity contribution in [1.29, 1.82) is 5.26 Å². The summed E-state index contributed by atoms with van der Waals surface area (Å²) in [7, 11) is 0. The van der Waals surface area contributed by atoms with Crippen LogP contribution in [0.3, 0.4) is 0 Å². The number of hydrogen-bond donors (Lipinski definition) is 1. The monoisotopic (exact) mass is 386 g/mol. The minimum absolute atomic E-state index is 0.201.